The summed E-state index contributed by atoms with van der Waals surface area (Å²) in [6.07, 6.45) is 4.49. The Labute approximate surface area is 80.7 Å². The van der Waals surface area contributed by atoms with Crippen molar-refractivity contribution in [2.24, 2.45) is 11.7 Å². The smallest absolute Gasteiger partial charge is 0.0580 e. The Bertz CT molecular complexity index is 141. The van der Waals surface area contributed by atoms with E-state index in [0.29, 0.717) is 18.5 Å². The zero-order chi connectivity index (χ0) is 9.68. The highest BCUT2D eigenvalue weighted by atomic mass is 16.3. The minimum absolute atomic E-state index is 0.0915. The van der Waals surface area contributed by atoms with Crippen molar-refractivity contribution in [3.8, 4) is 0 Å². The first-order valence-electron chi connectivity index (χ1n) is 5.35. The largest absolute Gasteiger partial charge is 0.393 e. The van der Waals surface area contributed by atoms with Crippen molar-refractivity contribution in [1.29, 1.82) is 0 Å². The molecule has 0 aromatic carbocycles. The van der Waals surface area contributed by atoms with E-state index in [1.54, 1.807) is 0 Å². The quantitative estimate of drug-likeness (QED) is 0.598. The number of hydrogen-bond donors (Lipinski definition) is 3. The van der Waals surface area contributed by atoms with Crippen molar-refractivity contribution in [1.82, 2.24) is 5.32 Å². The molecule has 0 aromatic heterocycles. The molecular weight excluding hydrogens is 164 g/mol. The van der Waals surface area contributed by atoms with Crippen LogP contribution in [0.3, 0.4) is 0 Å². The molecule has 1 saturated carbocycles. The average Bonchev–Trinajstić information content (AvgIpc) is 2.16. The molecule has 3 unspecified atom stereocenters. The molecule has 0 aromatic rings. The molecule has 3 nitrogen and oxygen atoms in total. The summed E-state index contributed by atoms with van der Waals surface area (Å²) < 4.78 is 0. The molecule has 4 N–H and O–H groups in total. The van der Waals surface area contributed by atoms with E-state index in [4.69, 9.17) is 5.73 Å². The summed E-state index contributed by atoms with van der Waals surface area (Å²) in [6, 6.07) is 0.370. The molecule has 1 fully saturated rings. The first kappa shape index (κ1) is 11.0. The van der Waals surface area contributed by atoms with Gasteiger partial charge in [0.2, 0.25) is 0 Å². The van der Waals surface area contributed by atoms with Crippen molar-refractivity contribution < 1.29 is 5.11 Å². The minimum atomic E-state index is -0.0915. The van der Waals surface area contributed by atoms with Gasteiger partial charge < -0.3 is 16.2 Å². The summed E-state index contributed by atoms with van der Waals surface area (Å²) in [6.45, 7) is 3.66. The van der Waals surface area contributed by atoms with Crippen LogP contribution in [0, 0.1) is 5.92 Å². The highest BCUT2D eigenvalue weighted by Crippen LogP contribution is 2.23. The van der Waals surface area contributed by atoms with Gasteiger partial charge in [0.25, 0.3) is 0 Å². The normalized spacial score (nSPS) is 31.6. The predicted octanol–water partition coefficient (Wildman–Crippen LogP) is 0.474. The number of nitrogens with one attached hydrogen (secondary N) is 1. The second-order valence-corrected chi connectivity index (χ2v) is 4.16. The molecule has 0 radical (unpaired) electrons. The Kier molecular flexibility index (Phi) is 4.70. The van der Waals surface area contributed by atoms with Crippen molar-refractivity contribution >= 4 is 0 Å². The van der Waals surface area contributed by atoms with Gasteiger partial charge >= 0.3 is 0 Å². The molecule has 0 amide bonds. The van der Waals surface area contributed by atoms with Crippen molar-refractivity contribution in [3.05, 3.63) is 0 Å². The van der Waals surface area contributed by atoms with Crippen LogP contribution in [0.1, 0.15) is 32.6 Å². The monoisotopic (exact) mass is 186 g/mol. The standard InChI is InChI=1S/C10H22N2O/c1-8(6-11)12-7-9-4-2-3-5-10(9)13/h8-10,12-13H,2-7,11H2,1H3. The van der Waals surface area contributed by atoms with Crippen LogP contribution in [-0.4, -0.2) is 30.3 Å². The van der Waals surface area contributed by atoms with Crippen molar-refractivity contribution in [2.45, 2.75) is 44.8 Å². The van der Waals surface area contributed by atoms with Gasteiger partial charge in [-0.1, -0.05) is 12.8 Å². The molecule has 13 heavy (non-hydrogen) atoms. The fourth-order valence-electron chi connectivity index (χ4n) is 1.86. The summed E-state index contributed by atoms with van der Waals surface area (Å²) in [5.41, 5.74) is 5.50. The van der Waals surface area contributed by atoms with Gasteiger partial charge in [0.15, 0.2) is 0 Å². The van der Waals surface area contributed by atoms with Crippen LogP contribution in [0.2, 0.25) is 0 Å². The summed E-state index contributed by atoms with van der Waals surface area (Å²) in [7, 11) is 0. The number of nitrogens with two attached hydrogens (primary N) is 1. The summed E-state index contributed by atoms with van der Waals surface area (Å²) in [5, 5.41) is 13.0. The Balaban J connectivity index is 2.18. The lowest BCUT2D eigenvalue weighted by Crippen LogP contribution is -2.40. The predicted molar refractivity (Wildman–Crippen MR) is 54.5 cm³/mol. The highest BCUT2D eigenvalue weighted by Gasteiger charge is 2.22. The van der Waals surface area contributed by atoms with Gasteiger partial charge in [-0.2, -0.15) is 0 Å². The zero-order valence-electron chi connectivity index (χ0n) is 8.50. The van der Waals surface area contributed by atoms with E-state index in [1.807, 2.05) is 0 Å². The SMILES string of the molecule is CC(CN)NCC1CCCCC1O. The van der Waals surface area contributed by atoms with Crippen molar-refractivity contribution in [3.63, 3.8) is 0 Å². The van der Waals surface area contributed by atoms with Crippen molar-refractivity contribution in [2.75, 3.05) is 13.1 Å². The van der Waals surface area contributed by atoms with Crippen LogP contribution >= 0.6 is 0 Å². The Morgan fingerprint density at radius 3 is 2.77 bits per heavy atom. The van der Waals surface area contributed by atoms with Crippen LogP contribution in [0.15, 0.2) is 0 Å². The van der Waals surface area contributed by atoms with E-state index < -0.39 is 0 Å². The van der Waals surface area contributed by atoms with Gasteiger partial charge in [0.05, 0.1) is 6.10 Å². The third-order valence-electron chi connectivity index (χ3n) is 2.95. The number of hydrogen-bond acceptors (Lipinski definition) is 3. The van der Waals surface area contributed by atoms with Gasteiger partial charge in [-0.3, -0.25) is 0 Å². The molecule has 0 spiro atoms. The lowest BCUT2D eigenvalue weighted by Gasteiger charge is -2.28. The van der Waals surface area contributed by atoms with Crippen LogP contribution in [-0.2, 0) is 0 Å². The minimum Gasteiger partial charge on any atom is -0.393 e. The fourth-order valence-corrected chi connectivity index (χ4v) is 1.86. The van der Waals surface area contributed by atoms with E-state index >= 15 is 0 Å². The molecule has 1 aliphatic rings. The molecule has 0 heterocycles. The van der Waals surface area contributed by atoms with Gasteiger partial charge in [-0.15, -0.1) is 0 Å². The van der Waals surface area contributed by atoms with Gasteiger partial charge in [0, 0.05) is 19.1 Å². The van der Waals surface area contributed by atoms with Crippen LogP contribution in [0.25, 0.3) is 0 Å². The Morgan fingerprint density at radius 1 is 1.46 bits per heavy atom. The molecule has 3 heteroatoms. The number of rotatable bonds is 4. The third kappa shape index (κ3) is 3.63. The van der Waals surface area contributed by atoms with E-state index in [9.17, 15) is 5.11 Å². The molecule has 0 saturated heterocycles. The molecule has 1 rings (SSSR count). The van der Waals surface area contributed by atoms with E-state index in [0.717, 1.165) is 19.4 Å². The zero-order valence-corrected chi connectivity index (χ0v) is 8.50. The summed E-state index contributed by atoms with van der Waals surface area (Å²) in [4.78, 5) is 0. The maximum absolute atomic E-state index is 9.68. The van der Waals surface area contributed by atoms with E-state index in [2.05, 4.69) is 12.2 Å². The first-order chi connectivity index (χ1) is 6.24. The van der Waals surface area contributed by atoms with Crippen LogP contribution < -0.4 is 11.1 Å². The summed E-state index contributed by atoms with van der Waals surface area (Å²) in [5.74, 6) is 0.447. The molecule has 0 aliphatic heterocycles. The maximum atomic E-state index is 9.68. The molecule has 0 bridgehead atoms. The molecule has 1 aliphatic carbocycles. The molecule has 3 atom stereocenters. The first-order valence-corrected chi connectivity index (χ1v) is 5.35. The highest BCUT2D eigenvalue weighted by molar-refractivity contribution is 4.77. The van der Waals surface area contributed by atoms with Gasteiger partial charge in [-0.25, -0.2) is 0 Å². The lowest BCUT2D eigenvalue weighted by atomic mass is 9.86. The van der Waals surface area contributed by atoms with Gasteiger partial charge in [0.1, 0.15) is 0 Å². The summed E-state index contributed by atoms with van der Waals surface area (Å²) >= 11 is 0. The molecular formula is C10H22N2O. The van der Waals surface area contributed by atoms with E-state index in [-0.39, 0.29) is 6.10 Å². The maximum Gasteiger partial charge on any atom is 0.0580 e. The topological polar surface area (TPSA) is 58.3 Å². The lowest BCUT2D eigenvalue weighted by molar-refractivity contribution is 0.0685. The molecule has 78 valence electrons. The van der Waals surface area contributed by atoms with Crippen LogP contribution in [0.4, 0.5) is 0 Å². The second kappa shape index (κ2) is 5.58. The second-order valence-electron chi connectivity index (χ2n) is 4.16. The Morgan fingerprint density at radius 2 is 2.15 bits per heavy atom. The average molecular weight is 186 g/mol. The van der Waals surface area contributed by atoms with Gasteiger partial charge in [-0.05, 0) is 25.7 Å². The Hall–Kier alpha value is -0.120. The number of aliphatic hydroxyl groups excluding tert-OH is 1. The fraction of sp³-hybridized carbons (Fsp3) is 1.00. The van der Waals surface area contributed by atoms with Crippen LogP contribution in [0.5, 0.6) is 0 Å². The van der Waals surface area contributed by atoms with E-state index in [1.165, 1.54) is 12.8 Å². The number of aliphatic hydroxyl groups is 1. The third-order valence-corrected chi connectivity index (χ3v) is 2.95.